The molecule has 4 atom stereocenters. The van der Waals surface area contributed by atoms with Gasteiger partial charge in [0.05, 0.1) is 27.9 Å². The number of carboxylic acid groups (broad SMARTS) is 1. The van der Waals surface area contributed by atoms with E-state index in [1.54, 1.807) is 29.7 Å². The van der Waals surface area contributed by atoms with Crippen molar-refractivity contribution in [2.24, 2.45) is 11.8 Å². The molecule has 1 saturated heterocycles. The van der Waals surface area contributed by atoms with E-state index in [1.165, 1.54) is 42.2 Å². The van der Waals surface area contributed by atoms with Crippen LogP contribution < -0.4 is 0 Å². The van der Waals surface area contributed by atoms with Crippen molar-refractivity contribution in [2.45, 2.75) is 39.3 Å². The number of nitro benzene ring substituents is 1. The number of β-lactam (4-membered cyclic amide) rings is 1. The summed E-state index contributed by atoms with van der Waals surface area (Å²) in [5.74, 6) is -2.64. The standard InChI is InChI=1S/C24H22N4O7S/c1-10(29)17-20-15(8-13-4-6-14(7-5-13)28(34)35)18(21(24(32)33)27(20)22(17)31)16-9-26-12(3)25-19(11(2)30)23(26)36-16/h4-7,9-10,15,17,20,29H,8H2,1-3H3,(H,32,33)/t10-,15?,17-,20-/m1/s1. The number of nitrogens with zero attached hydrogens (tertiary/aromatic N) is 4. The van der Waals surface area contributed by atoms with E-state index in [0.717, 1.165) is 5.56 Å². The lowest BCUT2D eigenvalue weighted by Crippen LogP contribution is -2.64. The van der Waals surface area contributed by atoms with Gasteiger partial charge in [0.25, 0.3) is 5.69 Å². The number of Topliss-reactive ketones (excluding diaryl/α,β-unsaturated/α-hetero) is 1. The SMILES string of the molecule is CC(=O)c1nc(C)n2cc(C3=C(C(=O)O)N4C(=O)[C@H]([C@@H](C)O)[C@H]4C3Cc3ccc([N+](=O)[O-])cc3)sc12. The van der Waals surface area contributed by atoms with Crippen molar-refractivity contribution >= 4 is 45.1 Å². The van der Waals surface area contributed by atoms with Crippen molar-refractivity contribution in [1.82, 2.24) is 14.3 Å². The number of imidazole rings is 1. The van der Waals surface area contributed by atoms with E-state index in [0.29, 0.717) is 27.5 Å². The van der Waals surface area contributed by atoms with E-state index in [-0.39, 0.29) is 22.9 Å². The first kappa shape index (κ1) is 23.8. The van der Waals surface area contributed by atoms with Crippen LogP contribution in [0.15, 0.2) is 36.2 Å². The summed E-state index contributed by atoms with van der Waals surface area (Å²) in [6.07, 6.45) is 1.04. The third kappa shape index (κ3) is 3.44. The first-order valence-electron chi connectivity index (χ1n) is 11.2. The Bertz CT molecular complexity index is 1480. The number of non-ortho nitro benzene ring substituents is 1. The molecule has 1 unspecified atom stereocenters. The zero-order valence-electron chi connectivity index (χ0n) is 19.5. The van der Waals surface area contributed by atoms with E-state index in [4.69, 9.17) is 0 Å². The van der Waals surface area contributed by atoms with Crippen LogP contribution in [0, 0.1) is 28.9 Å². The fraction of sp³-hybridized carbons (Fsp3) is 0.333. The van der Waals surface area contributed by atoms with Gasteiger partial charge in [-0.2, -0.15) is 0 Å². The molecular weight excluding hydrogens is 488 g/mol. The highest BCUT2D eigenvalue weighted by molar-refractivity contribution is 7.18. The molecule has 2 N–H and O–H groups in total. The minimum atomic E-state index is -1.27. The highest BCUT2D eigenvalue weighted by atomic mass is 32.1. The van der Waals surface area contributed by atoms with Gasteiger partial charge in [0.15, 0.2) is 5.78 Å². The molecule has 11 nitrogen and oxygen atoms in total. The number of rotatable bonds is 7. The molecule has 0 radical (unpaired) electrons. The van der Waals surface area contributed by atoms with E-state index >= 15 is 0 Å². The molecule has 5 rings (SSSR count). The Kier molecular flexibility index (Phi) is 5.52. The Hall–Kier alpha value is -3.90. The van der Waals surface area contributed by atoms with Crippen LogP contribution in [0.2, 0.25) is 0 Å². The summed E-state index contributed by atoms with van der Waals surface area (Å²) < 4.78 is 1.73. The number of aliphatic carboxylic acids is 1. The first-order chi connectivity index (χ1) is 17.0. The molecule has 4 heterocycles. The molecule has 0 aliphatic carbocycles. The van der Waals surface area contributed by atoms with Crippen molar-refractivity contribution in [3.8, 4) is 0 Å². The van der Waals surface area contributed by atoms with Gasteiger partial charge in [-0.3, -0.25) is 24.1 Å². The molecule has 0 saturated carbocycles. The number of hydrogen-bond acceptors (Lipinski definition) is 8. The van der Waals surface area contributed by atoms with Gasteiger partial charge in [-0.05, 0) is 25.8 Å². The Morgan fingerprint density at radius 1 is 1.28 bits per heavy atom. The summed E-state index contributed by atoms with van der Waals surface area (Å²) in [4.78, 5) is 54.8. The number of aromatic nitrogens is 2. The zero-order valence-corrected chi connectivity index (χ0v) is 20.4. The van der Waals surface area contributed by atoms with Crippen LogP contribution in [0.4, 0.5) is 5.69 Å². The predicted molar refractivity (Wildman–Crippen MR) is 128 cm³/mol. The smallest absolute Gasteiger partial charge is 0.352 e. The van der Waals surface area contributed by atoms with Crippen LogP contribution in [0.5, 0.6) is 0 Å². The van der Waals surface area contributed by atoms with E-state index in [2.05, 4.69) is 4.98 Å². The topological polar surface area (TPSA) is 155 Å². The maximum absolute atomic E-state index is 13.0. The van der Waals surface area contributed by atoms with Crippen molar-refractivity contribution < 1.29 is 29.5 Å². The Morgan fingerprint density at radius 3 is 2.50 bits per heavy atom. The summed E-state index contributed by atoms with van der Waals surface area (Å²) in [5, 5.41) is 31.6. The summed E-state index contributed by atoms with van der Waals surface area (Å²) in [6.45, 7) is 4.66. The Labute approximate surface area is 208 Å². The Morgan fingerprint density at radius 2 is 1.94 bits per heavy atom. The number of carbonyl (C=O) groups is 3. The number of aryl methyl sites for hydroxylation is 1. The van der Waals surface area contributed by atoms with E-state index in [1.807, 2.05) is 0 Å². The van der Waals surface area contributed by atoms with E-state index < -0.39 is 40.8 Å². The molecule has 2 aliphatic heterocycles. The lowest BCUT2D eigenvalue weighted by Gasteiger charge is -2.47. The van der Waals surface area contributed by atoms with Gasteiger partial charge in [0.1, 0.15) is 22.0 Å². The number of benzene rings is 1. The van der Waals surface area contributed by atoms with Crippen LogP contribution in [0.3, 0.4) is 0 Å². The van der Waals surface area contributed by atoms with Gasteiger partial charge in [0, 0.05) is 36.7 Å². The maximum atomic E-state index is 13.0. The lowest BCUT2D eigenvalue weighted by atomic mass is 9.74. The number of ketones is 1. The van der Waals surface area contributed by atoms with Gasteiger partial charge in [-0.1, -0.05) is 12.1 Å². The van der Waals surface area contributed by atoms with Crippen LogP contribution in [-0.2, 0) is 16.0 Å². The minimum absolute atomic E-state index is 0.0670. The molecule has 3 aromatic rings. The maximum Gasteiger partial charge on any atom is 0.352 e. The Balaban J connectivity index is 1.67. The summed E-state index contributed by atoms with van der Waals surface area (Å²) in [7, 11) is 0. The molecule has 1 fully saturated rings. The van der Waals surface area contributed by atoms with Crippen LogP contribution in [0.1, 0.15) is 40.6 Å². The van der Waals surface area contributed by atoms with Gasteiger partial charge in [-0.25, -0.2) is 9.78 Å². The van der Waals surface area contributed by atoms with Gasteiger partial charge in [-0.15, -0.1) is 11.3 Å². The molecule has 12 heteroatoms. The number of amides is 1. The summed E-state index contributed by atoms with van der Waals surface area (Å²) in [5.41, 5.74) is 1.23. The second-order valence-corrected chi connectivity index (χ2v) is 10.1. The highest BCUT2D eigenvalue weighted by Crippen LogP contribution is 2.53. The fourth-order valence-electron chi connectivity index (χ4n) is 5.31. The minimum Gasteiger partial charge on any atom is -0.477 e. The average Bonchev–Trinajstić information content (AvgIpc) is 3.44. The summed E-state index contributed by atoms with van der Waals surface area (Å²) in [6, 6.07) is 5.40. The second kappa shape index (κ2) is 8.35. The third-order valence-corrected chi connectivity index (χ3v) is 8.02. The normalized spacial score (nSPS) is 22.1. The number of hydrogen-bond donors (Lipinski definition) is 2. The monoisotopic (exact) mass is 510 g/mol. The first-order valence-corrected chi connectivity index (χ1v) is 12.0. The van der Waals surface area contributed by atoms with Crippen molar-refractivity contribution in [1.29, 1.82) is 0 Å². The molecule has 1 aromatic carbocycles. The number of fused-ring (bicyclic) bond motifs is 2. The van der Waals surface area contributed by atoms with Crippen LogP contribution in [0.25, 0.3) is 10.4 Å². The summed E-state index contributed by atoms with van der Waals surface area (Å²) >= 11 is 1.22. The fourth-order valence-corrected chi connectivity index (χ4v) is 6.61. The van der Waals surface area contributed by atoms with Crippen molar-refractivity contribution in [3.63, 3.8) is 0 Å². The molecule has 186 valence electrons. The van der Waals surface area contributed by atoms with Crippen LogP contribution >= 0.6 is 11.3 Å². The highest BCUT2D eigenvalue weighted by Gasteiger charge is 2.61. The van der Waals surface area contributed by atoms with Crippen LogP contribution in [-0.4, -0.2) is 59.2 Å². The average molecular weight is 511 g/mol. The van der Waals surface area contributed by atoms with E-state index in [9.17, 15) is 34.7 Å². The molecule has 0 bridgehead atoms. The number of aliphatic hydroxyl groups excluding tert-OH is 1. The predicted octanol–water partition coefficient (Wildman–Crippen LogP) is 2.69. The number of carbonyl (C=O) groups excluding carboxylic acids is 2. The molecule has 0 spiro atoms. The molecule has 36 heavy (non-hydrogen) atoms. The third-order valence-electron chi connectivity index (χ3n) is 6.89. The van der Waals surface area contributed by atoms with Gasteiger partial charge in [0.2, 0.25) is 5.91 Å². The molecule has 1 amide bonds. The lowest BCUT2D eigenvalue weighted by molar-refractivity contribution is -0.384. The molecule has 2 aliphatic rings. The van der Waals surface area contributed by atoms with Gasteiger partial charge >= 0.3 is 5.97 Å². The van der Waals surface area contributed by atoms with Crippen molar-refractivity contribution in [2.75, 3.05) is 0 Å². The number of nitro groups is 1. The second-order valence-electron chi connectivity index (χ2n) is 9.10. The number of carboxylic acids is 1. The van der Waals surface area contributed by atoms with Gasteiger partial charge < -0.3 is 15.1 Å². The molecule has 2 aromatic heterocycles. The number of thiazole rings is 1. The zero-order chi connectivity index (χ0) is 26.0. The van der Waals surface area contributed by atoms with Crippen molar-refractivity contribution in [3.05, 3.63) is 68.2 Å². The largest absolute Gasteiger partial charge is 0.477 e. The quantitative estimate of drug-likeness (QED) is 0.213. The molecular formula is C24H22N4O7S. The number of aliphatic hydroxyl groups is 1.